The standard InChI is InChI=1S/C13H19Cl2F3N3/c1-12(2,20(14)15)7-8-21(3,4)11-6-5-10(9-19-11)13(16,17)18/h5-6,9H,7-8H2,1-4H3/q+1. The summed E-state index contributed by atoms with van der Waals surface area (Å²) in [5.41, 5.74) is -1.19. The van der Waals surface area contributed by atoms with Crippen LogP contribution >= 0.6 is 23.6 Å². The van der Waals surface area contributed by atoms with Gasteiger partial charge < -0.3 is 0 Å². The van der Waals surface area contributed by atoms with Crippen molar-refractivity contribution in [3.63, 3.8) is 0 Å². The Balaban J connectivity index is 2.84. The Morgan fingerprint density at radius 2 is 1.76 bits per heavy atom. The molecule has 0 atom stereocenters. The third kappa shape index (κ3) is 4.98. The number of pyridine rings is 1. The number of hydrogen-bond acceptors (Lipinski definition) is 2. The molecule has 0 aromatic carbocycles. The van der Waals surface area contributed by atoms with Crippen LogP contribution in [-0.4, -0.2) is 35.1 Å². The summed E-state index contributed by atoms with van der Waals surface area (Å²) in [5, 5.41) is 0. The normalized spacial score (nSPS) is 13.8. The van der Waals surface area contributed by atoms with Crippen molar-refractivity contribution in [3.8, 4) is 0 Å². The fourth-order valence-corrected chi connectivity index (χ4v) is 1.83. The fraction of sp³-hybridized carbons (Fsp3) is 0.615. The highest BCUT2D eigenvalue weighted by Gasteiger charge is 2.33. The maximum atomic E-state index is 12.5. The van der Waals surface area contributed by atoms with E-state index in [1.165, 1.54) is 6.07 Å². The summed E-state index contributed by atoms with van der Waals surface area (Å²) in [7, 11) is 3.75. The van der Waals surface area contributed by atoms with Gasteiger partial charge in [0.1, 0.15) is 0 Å². The highest BCUT2D eigenvalue weighted by molar-refractivity contribution is 6.34. The Hall–Kier alpha value is -0.560. The van der Waals surface area contributed by atoms with Gasteiger partial charge in [-0.05, 0) is 43.5 Å². The minimum atomic E-state index is -4.37. The van der Waals surface area contributed by atoms with Crippen LogP contribution < -0.4 is 4.48 Å². The second-order valence-corrected chi connectivity index (χ2v) is 6.96. The lowest BCUT2D eigenvalue weighted by atomic mass is 10.0. The third-order valence-corrected chi connectivity index (χ3v) is 4.35. The van der Waals surface area contributed by atoms with E-state index in [4.69, 9.17) is 23.6 Å². The summed E-state index contributed by atoms with van der Waals surface area (Å²) in [5.74, 6) is 0.550. The molecule has 0 unspecified atom stereocenters. The SMILES string of the molecule is CC(C)(CC[N+](C)(C)c1ccc(C(F)(F)F)cn1)N(Cl)Cl. The quantitative estimate of drug-likeness (QED) is 0.579. The molecular weight excluding hydrogens is 326 g/mol. The van der Waals surface area contributed by atoms with Crippen LogP contribution in [-0.2, 0) is 6.18 Å². The minimum Gasteiger partial charge on any atom is -0.279 e. The Bertz CT molecular complexity index is 471. The van der Waals surface area contributed by atoms with E-state index >= 15 is 0 Å². The number of nitrogens with zero attached hydrogens (tertiary/aromatic N) is 3. The zero-order chi connectivity index (χ0) is 16.5. The van der Waals surface area contributed by atoms with Crippen LogP contribution in [0.5, 0.6) is 0 Å². The van der Waals surface area contributed by atoms with Gasteiger partial charge in [0.25, 0.3) is 0 Å². The van der Waals surface area contributed by atoms with Crippen molar-refractivity contribution < 1.29 is 13.2 Å². The van der Waals surface area contributed by atoms with Crippen molar-refractivity contribution in [2.45, 2.75) is 32.0 Å². The molecule has 0 radical (unpaired) electrons. The molecule has 1 aromatic heterocycles. The predicted molar refractivity (Wildman–Crippen MR) is 80.0 cm³/mol. The van der Waals surface area contributed by atoms with Gasteiger partial charge in [-0.1, -0.05) is 0 Å². The molecule has 0 spiro atoms. The minimum absolute atomic E-state index is 0.336. The van der Waals surface area contributed by atoms with Crippen molar-refractivity contribution in [2.75, 3.05) is 20.6 Å². The fourth-order valence-electron chi connectivity index (χ4n) is 1.66. The summed E-state index contributed by atoms with van der Waals surface area (Å²) < 4.78 is 39.0. The maximum Gasteiger partial charge on any atom is 0.417 e. The summed E-state index contributed by atoms with van der Waals surface area (Å²) in [6, 6.07) is 2.44. The molecule has 0 aliphatic heterocycles. The molecule has 1 aromatic rings. The van der Waals surface area contributed by atoms with E-state index in [1.54, 1.807) is 0 Å². The van der Waals surface area contributed by atoms with Crippen molar-refractivity contribution in [1.29, 1.82) is 0 Å². The lowest BCUT2D eigenvalue weighted by molar-refractivity contribution is -0.137. The number of aromatic nitrogens is 1. The van der Waals surface area contributed by atoms with Crippen LogP contribution in [0.1, 0.15) is 25.8 Å². The summed E-state index contributed by atoms with van der Waals surface area (Å²) in [6.07, 6.45) is -2.87. The Morgan fingerprint density at radius 1 is 1.19 bits per heavy atom. The van der Waals surface area contributed by atoms with Gasteiger partial charge in [0, 0.05) is 18.7 Å². The van der Waals surface area contributed by atoms with E-state index in [9.17, 15) is 13.2 Å². The van der Waals surface area contributed by atoms with Crippen molar-refractivity contribution in [1.82, 2.24) is 13.4 Å². The largest absolute Gasteiger partial charge is 0.417 e. The first-order chi connectivity index (χ1) is 9.36. The summed E-state index contributed by atoms with van der Waals surface area (Å²) in [6.45, 7) is 4.39. The third-order valence-electron chi connectivity index (χ3n) is 3.44. The molecule has 1 rings (SSSR count). The van der Waals surface area contributed by atoms with E-state index in [0.717, 1.165) is 16.2 Å². The molecule has 0 N–H and O–H groups in total. The number of hydrogen-bond donors (Lipinski definition) is 0. The van der Waals surface area contributed by atoms with E-state index in [-0.39, 0.29) is 0 Å². The van der Waals surface area contributed by atoms with Gasteiger partial charge in [-0.25, -0.2) is 4.98 Å². The number of rotatable bonds is 5. The van der Waals surface area contributed by atoms with Gasteiger partial charge in [0.15, 0.2) is 0 Å². The first-order valence-electron chi connectivity index (χ1n) is 6.35. The molecule has 0 amide bonds. The lowest BCUT2D eigenvalue weighted by Crippen LogP contribution is -2.46. The maximum absolute atomic E-state index is 12.5. The molecular formula is C13H19Cl2F3N3+. The lowest BCUT2D eigenvalue weighted by Gasteiger charge is -2.33. The van der Waals surface area contributed by atoms with Gasteiger partial charge in [0.2, 0.25) is 5.82 Å². The number of alkyl halides is 3. The van der Waals surface area contributed by atoms with Crippen LogP contribution in [0.4, 0.5) is 19.0 Å². The van der Waals surface area contributed by atoms with Gasteiger partial charge in [-0.2, -0.15) is 13.2 Å². The summed E-state index contributed by atoms with van der Waals surface area (Å²) in [4.78, 5) is 3.93. The second kappa shape index (κ2) is 6.28. The molecule has 1 heterocycles. The number of quaternary nitrogens is 1. The second-order valence-electron chi connectivity index (χ2n) is 6.11. The Labute approximate surface area is 133 Å². The monoisotopic (exact) mass is 344 g/mol. The zero-order valence-electron chi connectivity index (χ0n) is 12.4. The van der Waals surface area contributed by atoms with Crippen LogP contribution in [0.2, 0.25) is 0 Å². The van der Waals surface area contributed by atoms with Crippen LogP contribution in [0, 0.1) is 0 Å². The molecule has 0 saturated carbocycles. The van der Waals surface area contributed by atoms with E-state index in [1.807, 2.05) is 27.9 Å². The smallest absolute Gasteiger partial charge is 0.279 e. The molecule has 8 heteroatoms. The molecule has 0 bridgehead atoms. The van der Waals surface area contributed by atoms with Gasteiger partial charge in [-0.15, -0.1) is 3.94 Å². The van der Waals surface area contributed by atoms with E-state index < -0.39 is 17.3 Å². The average Bonchev–Trinajstić information content (AvgIpc) is 2.36. The highest BCUT2D eigenvalue weighted by atomic mass is 35.5. The molecule has 21 heavy (non-hydrogen) atoms. The van der Waals surface area contributed by atoms with E-state index in [2.05, 4.69) is 4.98 Å². The zero-order valence-corrected chi connectivity index (χ0v) is 13.9. The van der Waals surface area contributed by atoms with Crippen molar-refractivity contribution in [3.05, 3.63) is 23.9 Å². The summed E-state index contributed by atoms with van der Waals surface area (Å²) >= 11 is 11.5. The van der Waals surface area contributed by atoms with Gasteiger partial charge in [0.05, 0.1) is 31.7 Å². The predicted octanol–water partition coefficient (Wildman–Crippen LogP) is 4.45. The van der Waals surface area contributed by atoms with Crippen LogP contribution in [0.15, 0.2) is 18.3 Å². The highest BCUT2D eigenvalue weighted by Crippen LogP contribution is 2.30. The van der Waals surface area contributed by atoms with Gasteiger partial charge >= 0.3 is 6.18 Å². The first kappa shape index (κ1) is 18.5. The average molecular weight is 345 g/mol. The number of halogens is 5. The molecule has 0 saturated heterocycles. The van der Waals surface area contributed by atoms with Crippen molar-refractivity contribution >= 4 is 29.4 Å². The van der Waals surface area contributed by atoms with Crippen LogP contribution in [0.3, 0.4) is 0 Å². The van der Waals surface area contributed by atoms with Gasteiger partial charge in [-0.3, -0.25) is 4.48 Å². The van der Waals surface area contributed by atoms with E-state index in [0.29, 0.717) is 23.3 Å². The van der Waals surface area contributed by atoms with Crippen molar-refractivity contribution in [2.24, 2.45) is 0 Å². The molecule has 3 nitrogen and oxygen atoms in total. The Morgan fingerprint density at radius 3 is 2.14 bits per heavy atom. The Kier molecular flexibility index (Phi) is 5.53. The molecule has 0 aliphatic rings. The molecule has 0 aliphatic carbocycles. The van der Waals surface area contributed by atoms with Crippen LogP contribution in [0.25, 0.3) is 0 Å². The topological polar surface area (TPSA) is 16.1 Å². The molecule has 0 fully saturated rings. The first-order valence-corrected chi connectivity index (χ1v) is 7.02. The molecule has 120 valence electrons.